The van der Waals surface area contributed by atoms with Crippen LogP contribution < -0.4 is 0 Å². The Kier molecular flexibility index (Phi) is 3.93. The van der Waals surface area contributed by atoms with Crippen LogP contribution in [-0.2, 0) is 5.11 Å². The third kappa shape index (κ3) is 2.84. The van der Waals surface area contributed by atoms with Gasteiger partial charge in [-0.05, 0) is 19.1 Å². The normalized spacial score (nSPS) is 9.08. The van der Waals surface area contributed by atoms with Crippen LogP contribution in [0.25, 0.3) is 10.9 Å². The zero-order valence-electron chi connectivity index (χ0n) is 7.60. The van der Waals surface area contributed by atoms with Crippen LogP contribution in [0.5, 0.6) is 0 Å². The molecule has 0 bridgehead atoms. The lowest BCUT2D eigenvalue weighted by atomic mass is 10.2. The minimum absolute atomic E-state index is 0. The first-order valence-electron chi connectivity index (χ1n) is 4.26. The van der Waals surface area contributed by atoms with Crippen molar-refractivity contribution in [2.45, 2.75) is 6.92 Å². The lowest BCUT2D eigenvalue weighted by Crippen LogP contribution is -1.73. The molecule has 2 rings (SSSR count). The van der Waals surface area contributed by atoms with E-state index in [0.717, 1.165) is 5.52 Å². The van der Waals surface area contributed by atoms with Crippen molar-refractivity contribution in [2.24, 2.45) is 0 Å². The van der Waals surface area contributed by atoms with Crippen LogP contribution in [-0.4, -0.2) is 11.6 Å². The molecule has 1 radical (unpaired) electrons. The Morgan fingerprint density at radius 2 is 1.77 bits per heavy atom. The Morgan fingerprint density at radius 1 is 1.15 bits per heavy atom. The van der Waals surface area contributed by atoms with E-state index in [0.29, 0.717) is 0 Å². The van der Waals surface area contributed by atoms with E-state index in [1.54, 1.807) is 6.92 Å². The van der Waals surface area contributed by atoms with Gasteiger partial charge in [0.05, 0.1) is 12.1 Å². The predicted octanol–water partition coefficient (Wildman–Crippen LogP) is 2.67. The Labute approximate surface area is 77.9 Å². The van der Waals surface area contributed by atoms with Crippen LogP contribution in [0.1, 0.15) is 6.92 Å². The number of aromatic nitrogens is 1. The summed E-state index contributed by atoms with van der Waals surface area (Å²) in [6.07, 6.45) is 1.81. The molecular weight excluding hydrogens is 162 g/mol. The van der Waals surface area contributed by atoms with Gasteiger partial charge < -0.3 is 0 Å². The van der Waals surface area contributed by atoms with Gasteiger partial charge in [0, 0.05) is 11.6 Å². The second-order valence-corrected chi connectivity index (χ2v) is 2.48. The maximum Gasteiger partial charge on any atom is 0.0794 e. The molecule has 0 N–H and O–H groups in total. The number of rotatable bonds is 0. The first-order valence-corrected chi connectivity index (χ1v) is 4.26. The first kappa shape index (κ1) is 9.68. The third-order valence-electron chi connectivity index (χ3n) is 1.51. The van der Waals surface area contributed by atoms with E-state index >= 15 is 0 Å². The van der Waals surface area contributed by atoms with Crippen molar-refractivity contribution in [1.29, 1.82) is 0 Å². The second-order valence-electron chi connectivity index (χ2n) is 2.48. The fourth-order valence-corrected chi connectivity index (χ4v) is 1.02. The molecule has 0 saturated heterocycles. The summed E-state index contributed by atoms with van der Waals surface area (Å²) in [5, 5.41) is 10.1. The van der Waals surface area contributed by atoms with Crippen molar-refractivity contribution in [3.05, 3.63) is 42.6 Å². The van der Waals surface area contributed by atoms with Gasteiger partial charge in [-0.2, -0.15) is 0 Å². The topological polar surface area (TPSA) is 32.8 Å². The van der Waals surface area contributed by atoms with Crippen LogP contribution in [0.15, 0.2) is 42.6 Å². The van der Waals surface area contributed by atoms with E-state index in [9.17, 15) is 0 Å². The summed E-state index contributed by atoms with van der Waals surface area (Å²) in [6, 6.07) is 12.1. The van der Waals surface area contributed by atoms with Crippen molar-refractivity contribution in [1.82, 2.24) is 4.98 Å². The summed E-state index contributed by atoms with van der Waals surface area (Å²) in [5.74, 6) is 0. The molecule has 0 aliphatic heterocycles. The maximum absolute atomic E-state index is 8.93. The quantitative estimate of drug-likeness (QED) is 0.604. The number of hydrogen-bond donors (Lipinski definition) is 0. The summed E-state index contributed by atoms with van der Waals surface area (Å²) in [6.45, 7) is 1.57. The Morgan fingerprint density at radius 3 is 2.46 bits per heavy atom. The monoisotopic (exact) mass is 174 g/mol. The van der Waals surface area contributed by atoms with E-state index in [4.69, 9.17) is 5.11 Å². The average Bonchev–Trinajstić information content (AvgIpc) is 2.19. The number of pyridine rings is 1. The number of benzene rings is 1. The molecule has 0 unspecified atom stereocenters. The van der Waals surface area contributed by atoms with E-state index in [1.807, 2.05) is 30.5 Å². The number of fused-ring (bicyclic) bond motifs is 1. The van der Waals surface area contributed by atoms with Crippen molar-refractivity contribution >= 4 is 10.9 Å². The summed E-state index contributed by atoms with van der Waals surface area (Å²) in [7, 11) is 0. The zero-order chi connectivity index (χ0) is 9.52. The van der Waals surface area contributed by atoms with Crippen LogP contribution in [0.2, 0.25) is 0 Å². The van der Waals surface area contributed by atoms with Gasteiger partial charge in [-0.25, -0.2) is 5.11 Å². The van der Waals surface area contributed by atoms with Crippen molar-refractivity contribution in [3.63, 3.8) is 0 Å². The Hall–Kier alpha value is -1.41. The van der Waals surface area contributed by atoms with Crippen LogP contribution >= 0.6 is 0 Å². The molecule has 0 aliphatic carbocycles. The highest BCUT2D eigenvalue weighted by Crippen LogP contribution is 2.07. The predicted molar refractivity (Wildman–Crippen MR) is 53.0 cm³/mol. The molecule has 2 nitrogen and oxygen atoms in total. The average molecular weight is 174 g/mol. The van der Waals surface area contributed by atoms with Gasteiger partial charge in [0.2, 0.25) is 0 Å². The molecule has 0 atom stereocenters. The lowest BCUT2D eigenvalue weighted by Gasteiger charge is -1.91. The van der Waals surface area contributed by atoms with E-state index in [1.165, 1.54) is 5.39 Å². The van der Waals surface area contributed by atoms with Crippen molar-refractivity contribution < 1.29 is 5.11 Å². The molecule has 0 spiro atoms. The summed E-state index contributed by atoms with van der Waals surface area (Å²) >= 11 is 0. The second kappa shape index (κ2) is 5.27. The number of hydrogen-bond acceptors (Lipinski definition) is 1. The SMILES string of the molecule is CC[O].c1ccc2ncccc2c1. The molecule has 2 heteroatoms. The van der Waals surface area contributed by atoms with Gasteiger partial charge in [-0.15, -0.1) is 0 Å². The highest BCUT2D eigenvalue weighted by atomic mass is 16.2. The third-order valence-corrected chi connectivity index (χ3v) is 1.51. The molecule has 0 fully saturated rings. The molecule has 0 amide bonds. The standard InChI is InChI=1S/C9H7N.C2H5O/c1-2-6-9-8(4-1)5-3-7-10-9;1-2-3/h1-7H;2H2,1H3. The molecule has 0 aliphatic rings. The molecule has 13 heavy (non-hydrogen) atoms. The van der Waals surface area contributed by atoms with Crippen molar-refractivity contribution in [3.8, 4) is 0 Å². The summed E-state index contributed by atoms with van der Waals surface area (Å²) in [5.41, 5.74) is 1.06. The number of nitrogens with zero attached hydrogens (tertiary/aromatic N) is 1. The molecular formula is C11H12NO. The van der Waals surface area contributed by atoms with Gasteiger partial charge in [-0.3, -0.25) is 4.98 Å². The molecule has 67 valence electrons. The fraction of sp³-hybridized carbons (Fsp3) is 0.182. The molecule has 1 aromatic heterocycles. The number of para-hydroxylation sites is 1. The maximum atomic E-state index is 8.93. The largest absolute Gasteiger partial charge is 0.256 e. The highest BCUT2D eigenvalue weighted by molar-refractivity contribution is 5.77. The minimum atomic E-state index is 0. The summed E-state index contributed by atoms with van der Waals surface area (Å²) < 4.78 is 0. The van der Waals surface area contributed by atoms with Crippen molar-refractivity contribution in [2.75, 3.05) is 6.61 Å². The van der Waals surface area contributed by atoms with Crippen LogP contribution in [0.3, 0.4) is 0 Å². The van der Waals surface area contributed by atoms with E-state index in [2.05, 4.69) is 17.1 Å². The highest BCUT2D eigenvalue weighted by Gasteiger charge is 1.86. The van der Waals surface area contributed by atoms with E-state index in [-0.39, 0.29) is 6.61 Å². The Balaban J connectivity index is 0.000000251. The van der Waals surface area contributed by atoms with Gasteiger partial charge in [0.15, 0.2) is 0 Å². The first-order chi connectivity index (χ1) is 6.38. The van der Waals surface area contributed by atoms with Gasteiger partial charge in [0.1, 0.15) is 0 Å². The zero-order valence-corrected chi connectivity index (χ0v) is 7.60. The summed E-state index contributed by atoms with van der Waals surface area (Å²) in [4.78, 5) is 4.18. The van der Waals surface area contributed by atoms with Gasteiger partial charge >= 0.3 is 0 Å². The fourth-order valence-electron chi connectivity index (χ4n) is 1.02. The molecule has 2 aromatic rings. The minimum Gasteiger partial charge on any atom is -0.256 e. The Bertz CT molecular complexity index is 294. The van der Waals surface area contributed by atoms with Gasteiger partial charge in [-0.1, -0.05) is 24.3 Å². The van der Waals surface area contributed by atoms with Crippen LogP contribution in [0.4, 0.5) is 0 Å². The molecule has 0 saturated carbocycles. The molecule has 1 heterocycles. The van der Waals surface area contributed by atoms with Gasteiger partial charge in [0.25, 0.3) is 0 Å². The van der Waals surface area contributed by atoms with Crippen LogP contribution in [0, 0.1) is 0 Å². The lowest BCUT2D eigenvalue weighted by molar-refractivity contribution is 0.212. The molecule has 1 aromatic carbocycles. The van der Waals surface area contributed by atoms with E-state index < -0.39 is 0 Å². The smallest absolute Gasteiger partial charge is 0.0794 e.